The predicted molar refractivity (Wildman–Crippen MR) is 90.4 cm³/mol. The molecule has 2 rings (SSSR count). The summed E-state index contributed by atoms with van der Waals surface area (Å²) in [6, 6.07) is 9.47. The second-order valence-corrected chi connectivity index (χ2v) is 8.04. The van der Waals surface area contributed by atoms with Crippen molar-refractivity contribution in [1.82, 2.24) is 9.62 Å². The van der Waals surface area contributed by atoms with Crippen LogP contribution in [0.2, 0.25) is 0 Å². The molecule has 1 amide bonds. The van der Waals surface area contributed by atoms with E-state index in [4.69, 9.17) is 5.73 Å². The van der Waals surface area contributed by atoms with Crippen LogP contribution in [-0.2, 0) is 14.8 Å². The molecule has 6 nitrogen and oxygen atoms in total. The van der Waals surface area contributed by atoms with E-state index < -0.39 is 10.0 Å². The highest BCUT2D eigenvalue weighted by molar-refractivity contribution is 7.89. The number of carbonyl (C=O) groups is 1. The second-order valence-electron chi connectivity index (χ2n) is 5.78. The van der Waals surface area contributed by atoms with Gasteiger partial charge in [-0.25, -0.2) is 12.7 Å². The topological polar surface area (TPSA) is 92.5 Å². The maximum Gasteiger partial charge on any atom is 0.229 e. The van der Waals surface area contributed by atoms with Crippen LogP contribution in [0.15, 0.2) is 30.3 Å². The van der Waals surface area contributed by atoms with Crippen LogP contribution in [0, 0.1) is 0 Å². The number of hydrogen-bond donors (Lipinski definition) is 2. The van der Waals surface area contributed by atoms with Crippen LogP contribution in [-0.4, -0.2) is 50.1 Å². The predicted octanol–water partition coefficient (Wildman–Crippen LogP) is 0.659. The fourth-order valence-electron chi connectivity index (χ4n) is 2.84. The molecule has 1 heterocycles. The summed E-state index contributed by atoms with van der Waals surface area (Å²) in [6.45, 7) is 2.81. The number of nitrogens with two attached hydrogens (primary N) is 1. The van der Waals surface area contributed by atoms with Crippen molar-refractivity contribution in [2.75, 3.05) is 25.4 Å². The summed E-state index contributed by atoms with van der Waals surface area (Å²) in [6.07, 6.45) is 1.27. The van der Waals surface area contributed by atoms with E-state index in [1.165, 1.54) is 4.31 Å². The van der Waals surface area contributed by atoms with Gasteiger partial charge in [-0.15, -0.1) is 0 Å². The average molecular weight is 339 g/mol. The third-order valence-corrected chi connectivity index (χ3v) is 6.19. The molecule has 1 unspecified atom stereocenters. The molecule has 1 aromatic carbocycles. The Morgan fingerprint density at radius 2 is 1.91 bits per heavy atom. The maximum absolute atomic E-state index is 12.5. The van der Waals surface area contributed by atoms with Gasteiger partial charge in [-0.05, 0) is 25.3 Å². The Kier molecular flexibility index (Phi) is 6.15. The fraction of sp³-hybridized carbons (Fsp3) is 0.562. The standard InChI is InChI=1S/C16H25N3O3S/c1-2-23(21,22)19-10-8-14(9-11-19)18-16(20)15(12-17)13-6-4-3-5-7-13/h3-7,14-15H,2,8-12,17H2,1H3,(H,18,20). The molecule has 0 saturated carbocycles. The normalized spacial score (nSPS) is 18.5. The van der Waals surface area contributed by atoms with Crippen LogP contribution >= 0.6 is 0 Å². The van der Waals surface area contributed by atoms with E-state index in [2.05, 4.69) is 5.32 Å². The highest BCUT2D eigenvalue weighted by Gasteiger charge is 2.29. The molecule has 1 atom stereocenters. The highest BCUT2D eigenvalue weighted by Crippen LogP contribution is 2.18. The molecule has 0 aromatic heterocycles. The van der Waals surface area contributed by atoms with E-state index in [9.17, 15) is 13.2 Å². The van der Waals surface area contributed by atoms with E-state index in [1.54, 1.807) is 6.92 Å². The molecule has 7 heteroatoms. The molecule has 0 spiro atoms. The van der Waals surface area contributed by atoms with Crippen LogP contribution < -0.4 is 11.1 Å². The molecule has 128 valence electrons. The molecular formula is C16H25N3O3S. The van der Waals surface area contributed by atoms with E-state index in [0.29, 0.717) is 25.9 Å². The quantitative estimate of drug-likeness (QED) is 0.796. The van der Waals surface area contributed by atoms with Gasteiger partial charge in [0, 0.05) is 25.7 Å². The number of nitrogens with one attached hydrogen (secondary N) is 1. The summed E-state index contributed by atoms with van der Waals surface area (Å²) in [7, 11) is -3.14. The van der Waals surface area contributed by atoms with Crippen LogP contribution in [0.1, 0.15) is 31.2 Å². The summed E-state index contributed by atoms with van der Waals surface area (Å²) in [5, 5.41) is 3.02. The van der Waals surface area contributed by atoms with E-state index >= 15 is 0 Å². The molecule has 23 heavy (non-hydrogen) atoms. The summed E-state index contributed by atoms with van der Waals surface area (Å²) >= 11 is 0. The maximum atomic E-state index is 12.5. The van der Waals surface area contributed by atoms with Crippen molar-refractivity contribution >= 4 is 15.9 Å². The molecule has 1 saturated heterocycles. The number of rotatable bonds is 6. The van der Waals surface area contributed by atoms with Crippen molar-refractivity contribution in [3.8, 4) is 0 Å². The number of benzene rings is 1. The lowest BCUT2D eigenvalue weighted by molar-refractivity contribution is -0.123. The van der Waals surface area contributed by atoms with Crippen molar-refractivity contribution in [3.05, 3.63) is 35.9 Å². The molecule has 1 fully saturated rings. The van der Waals surface area contributed by atoms with Gasteiger partial charge in [0.05, 0.1) is 11.7 Å². The number of nitrogens with zero attached hydrogens (tertiary/aromatic N) is 1. The Hall–Kier alpha value is -1.44. The molecule has 0 aliphatic carbocycles. The Labute approximate surface area is 138 Å². The summed E-state index contributed by atoms with van der Waals surface area (Å²) in [4.78, 5) is 12.5. The third-order valence-electron chi connectivity index (χ3n) is 4.31. The fourth-order valence-corrected chi connectivity index (χ4v) is 3.97. The van der Waals surface area contributed by atoms with Gasteiger partial charge in [0.1, 0.15) is 0 Å². The van der Waals surface area contributed by atoms with Crippen molar-refractivity contribution in [2.24, 2.45) is 5.73 Å². The van der Waals surface area contributed by atoms with Crippen molar-refractivity contribution < 1.29 is 13.2 Å². The number of amides is 1. The van der Waals surface area contributed by atoms with Gasteiger partial charge in [-0.2, -0.15) is 0 Å². The number of hydrogen-bond acceptors (Lipinski definition) is 4. The van der Waals surface area contributed by atoms with Crippen LogP contribution in [0.5, 0.6) is 0 Å². The molecular weight excluding hydrogens is 314 g/mol. The zero-order valence-corrected chi connectivity index (χ0v) is 14.3. The summed E-state index contributed by atoms with van der Waals surface area (Å²) < 4.78 is 25.2. The van der Waals surface area contributed by atoms with Crippen molar-refractivity contribution in [2.45, 2.75) is 31.7 Å². The lowest BCUT2D eigenvalue weighted by Gasteiger charge is -2.32. The Morgan fingerprint density at radius 3 is 2.43 bits per heavy atom. The first kappa shape index (κ1) is 17.9. The first-order chi connectivity index (χ1) is 11.0. The minimum atomic E-state index is -3.14. The smallest absolute Gasteiger partial charge is 0.229 e. The summed E-state index contributed by atoms with van der Waals surface area (Å²) in [5.41, 5.74) is 6.66. The van der Waals surface area contributed by atoms with Gasteiger partial charge in [0.15, 0.2) is 0 Å². The van der Waals surface area contributed by atoms with Gasteiger partial charge in [0.2, 0.25) is 15.9 Å². The van der Waals surface area contributed by atoms with E-state index in [-0.39, 0.29) is 30.2 Å². The highest BCUT2D eigenvalue weighted by atomic mass is 32.2. The number of piperidine rings is 1. The van der Waals surface area contributed by atoms with Crippen LogP contribution in [0.25, 0.3) is 0 Å². The van der Waals surface area contributed by atoms with Gasteiger partial charge < -0.3 is 11.1 Å². The van der Waals surface area contributed by atoms with Crippen LogP contribution in [0.4, 0.5) is 0 Å². The van der Waals surface area contributed by atoms with Gasteiger partial charge in [-0.3, -0.25) is 4.79 Å². The van der Waals surface area contributed by atoms with E-state index in [1.807, 2.05) is 30.3 Å². The first-order valence-corrected chi connectivity index (χ1v) is 9.62. The van der Waals surface area contributed by atoms with Crippen LogP contribution in [0.3, 0.4) is 0 Å². The Bertz CT molecular complexity index is 611. The van der Waals surface area contributed by atoms with Gasteiger partial charge in [0.25, 0.3) is 0 Å². The first-order valence-electron chi connectivity index (χ1n) is 8.01. The zero-order valence-electron chi connectivity index (χ0n) is 13.4. The number of carbonyl (C=O) groups excluding carboxylic acids is 1. The van der Waals surface area contributed by atoms with E-state index in [0.717, 1.165) is 5.56 Å². The van der Waals surface area contributed by atoms with Crippen molar-refractivity contribution in [3.63, 3.8) is 0 Å². The van der Waals surface area contributed by atoms with Gasteiger partial charge in [-0.1, -0.05) is 30.3 Å². The second kappa shape index (κ2) is 7.90. The molecule has 1 aliphatic heterocycles. The monoisotopic (exact) mass is 339 g/mol. The average Bonchev–Trinajstić information content (AvgIpc) is 2.57. The number of sulfonamides is 1. The SMILES string of the molecule is CCS(=O)(=O)N1CCC(NC(=O)C(CN)c2ccccc2)CC1. The Morgan fingerprint density at radius 1 is 1.30 bits per heavy atom. The molecule has 1 aliphatic rings. The minimum Gasteiger partial charge on any atom is -0.353 e. The zero-order chi connectivity index (χ0) is 16.9. The largest absolute Gasteiger partial charge is 0.353 e. The van der Waals surface area contributed by atoms with Crippen molar-refractivity contribution in [1.29, 1.82) is 0 Å². The molecule has 1 aromatic rings. The third kappa shape index (κ3) is 4.53. The lowest BCUT2D eigenvalue weighted by Crippen LogP contribution is -2.48. The summed E-state index contributed by atoms with van der Waals surface area (Å²) in [5.74, 6) is -0.336. The molecule has 0 radical (unpaired) electrons. The Balaban J connectivity index is 1.92. The van der Waals surface area contributed by atoms with Gasteiger partial charge >= 0.3 is 0 Å². The molecule has 0 bridgehead atoms. The molecule has 3 N–H and O–H groups in total. The minimum absolute atomic E-state index is 0.00330. The lowest BCUT2D eigenvalue weighted by atomic mass is 9.97.